The third kappa shape index (κ3) is 3.64. The Morgan fingerprint density at radius 3 is 2.53 bits per heavy atom. The summed E-state index contributed by atoms with van der Waals surface area (Å²) in [5, 5.41) is 0. The summed E-state index contributed by atoms with van der Waals surface area (Å²) in [6, 6.07) is 10.5. The van der Waals surface area contributed by atoms with E-state index in [0.717, 1.165) is 10.0 Å². The lowest BCUT2D eigenvalue weighted by Gasteiger charge is -2.06. The fourth-order valence-corrected chi connectivity index (χ4v) is 2.09. The maximum absolute atomic E-state index is 12.0. The van der Waals surface area contributed by atoms with Crippen LogP contribution < -0.4 is 5.56 Å². The Balaban J connectivity index is 2.06. The molecule has 98 valence electrons. The van der Waals surface area contributed by atoms with Gasteiger partial charge in [-0.25, -0.2) is 0 Å². The highest BCUT2D eigenvalue weighted by atomic mass is 79.9. The molecule has 0 aliphatic rings. The minimum atomic E-state index is -0.0748. The van der Waals surface area contributed by atoms with Crippen LogP contribution in [0.4, 0.5) is 0 Å². The van der Waals surface area contributed by atoms with Crippen LogP contribution in [0.1, 0.15) is 22.3 Å². The molecule has 0 aliphatic carbocycles. The summed E-state index contributed by atoms with van der Waals surface area (Å²) in [7, 11) is 0. The smallest absolute Gasteiger partial charge is 0.250 e. The number of carbonyl (C=O) groups is 1. The largest absolute Gasteiger partial charge is 0.315 e. The maximum Gasteiger partial charge on any atom is 0.250 e. The minimum Gasteiger partial charge on any atom is -0.315 e. The van der Waals surface area contributed by atoms with Crippen LogP contribution in [0.5, 0.6) is 0 Å². The predicted molar refractivity (Wildman–Crippen MR) is 78.5 cm³/mol. The Kier molecular flexibility index (Phi) is 4.32. The number of carbonyl (C=O) groups excluding carboxylic acids is 1. The molecular formula is C15H14BrNO2. The van der Waals surface area contributed by atoms with Crippen molar-refractivity contribution < 1.29 is 4.79 Å². The van der Waals surface area contributed by atoms with Crippen LogP contribution in [0.2, 0.25) is 0 Å². The zero-order chi connectivity index (χ0) is 13.8. The molecule has 1 heterocycles. The highest BCUT2D eigenvalue weighted by Crippen LogP contribution is 2.12. The van der Waals surface area contributed by atoms with Crippen molar-refractivity contribution in [3.8, 4) is 0 Å². The molecule has 0 fully saturated rings. The van der Waals surface area contributed by atoms with Crippen molar-refractivity contribution in [3.05, 3.63) is 68.5 Å². The van der Waals surface area contributed by atoms with Gasteiger partial charge in [0.05, 0.1) is 0 Å². The zero-order valence-corrected chi connectivity index (χ0v) is 12.2. The number of aryl methyl sites for hydroxylation is 2. The first-order chi connectivity index (χ1) is 9.06. The van der Waals surface area contributed by atoms with E-state index in [1.54, 1.807) is 29.0 Å². The second kappa shape index (κ2) is 5.97. The highest BCUT2D eigenvalue weighted by molar-refractivity contribution is 9.10. The normalized spacial score (nSPS) is 10.4. The van der Waals surface area contributed by atoms with Crippen molar-refractivity contribution in [2.24, 2.45) is 0 Å². The molecule has 0 aliphatic heterocycles. The number of aromatic nitrogens is 1. The van der Waals surface area contributed by atoms with Gasteiger partial charge in [-0.1, -0.05) is 34.1 Å². The molecule has 19 heavy (non-hydrogen) atoms. The van der Waals surface area contributed by atoms with E-state index < -0.39 is 0 Å². The lowest BCUT2D eigenvalue weighted by atomic mass is 10.1. The Morgan fingerprint density at radius 2 is 1.84 bits per heavy atom. The first-order valence-electron chi connectivity index (χ1n) is 6.02. The van der Waals surface area contributed by atoms with E-state index in [2.05, 4.69) is 15.9 Å². The van der Waals surface area contributed by atoms with Gasteiger partial charge in [0.15, 0.2) is 5.78 Å². The molecular weight excluding hydrogens is 306 g/mol. The van der Waals surface area contributed by atoms with E-state index in [9.17, 15) is 9.59 Å². The zero-order valence-electron chi connectivity index (χ0n) is 10.6. The van der Waals surface area contributed by atoms with E-state index in [4.69, 9.17) is 0 Å². The number of Topliss-reactive ketones (excluding diaryl/α,β-unsaturated/α-hetero) is 1. The van der Waals surface area contributed by atoms with Gasteiger partial charge in [-0.2, -0.15) is 0 Å². The summed E-state index contributed by atoms with van der Waals surface area (Å²) in [6.07, 6.45) is 2.10. The molecule has 0 radical (unpaired) electrons. The van der Waals surface area contributed by atoms with Crippen molar-refractivity contribution in [1.29, 1.82) is 0 Å². The standard InChI is InChI=1S/C15H14BrNO2/c1-11-2-7-15(19)17(10-11)9-8-14(18)12-3-5-13(16)6-4-12/h2-7,10H,8-9H2,1H3. The SMILES string of the molecule is Cc1ccc(=O)n(CCC(=O)c2ccc(Br)cc2)c1. The number of benzene rings is 1. The maximum atomic E-state index is 12.0. The molecule has 0 N–H and O–H groups in total. The van der Waals surface area contributed by atoms with Gasteiger partial charge in [0.1, 0.15) is 0 Å². The van der Waals surface area contributed by atoms with E-state index in [-0.39, 0.29) is 11.3 Å². The van der Waals surface area contributed by atoms with Crippen molar-refractivity contribution >= 4 is 21.7 Å². The molecule has 0 bridgehead atoms. The lowest BCUT2D eigenvalue weighted by Crippen LogP contribution is -2.20. The van der Waals surface area contributed by atoms with E-state index >= 15 is 0 Å². The molecule has 1 aromatic carbocycles. The van der Waals surface area contributed by atoms with Gasteiger partial charge < -0.3 is 4.57 Å². The van der Waals surface area contributed by atoms with Gasteiger partial charge in [-0.05, 0) is 24.6 Å². The molecule has 0 amide bonds. The number of ketones is 1. The van der Waals surface area contributed by atoms with Crippen LogP contribution in [0.25, 0.3) is 0 Å². The highest BCUT2D eigenvalue weighted by Gasteiger charge is 2.06. The quantitative estimate of drug-likeness (QED) is 0.812. The van der Waals surface area contributed by atoms with Gasteiger partial charge in [-0.3, -0.25) is 9.59 Å². The summed E-state index contributed by atoms with van der Waals surface area (Å²) >= 11 is 3.33. The summed E-state index contributed by atoms with van der Waals surface area (Å²) in [5.74, 6) is 0.0425. The Bertz CT molecular complexity index is 644. The second-order valence-electron chi connectivity index (χ2n) is 4.42. The Morgan fingerprint density at radius 1 is 1.16 bits per heavy atom. The lowest BCUT2D eigenvalue weighted by molar-refractivity contribution is 0.0976. The average Bonchev–Trinajstić information content (AvgIpc) is 2.40. The number of rotatable bonds is 4. The third-order valence-corrected chi connectivity index (χ3v) is 3.41. The van der Waals surface area contributed by atoms with Gasteiger partial charge in [0.2, 0.25) is 0 Å². The number of nitrogens with zero attached hydrogens (tertiary/aromatic N) is 1. The van der Waals surface area contributed by atoms with Crippen molar-refractivity contribution in [3.63, 3.8) is 0 Å². The molecule has 3 nitrogen and oxygen atoms in total. The predicted octanol–water partition coefficient (Wildman–Crippen LogP) is 3.19. The van der Waals surface area contributed by atoms with Gasteiger partial charge in [0, 0.05) is 35.3 Å². The van der Waals surface area contributed by atoms with Gasteiger partial charge >= 0.3 is 0 Å². The summed E-state index contributed by atoms with van der Waals surface area (Å²) < 4.78 is 2.52. The summed E-state index contributed by atoms with van der Waals surface area (Å²) in [6.45, 7) is 2.34. The Labute approximate surface area is 120 Å². The number of pyridine rings is 1. The van der Waals surface area contributed by atoms with E-state index in [0.29, 0.717) is 18.5 Å². The number of halogens is 1. The van der Waals surface area contributed by atoms with E-state index in [1.165, 1.54) is 6.07 Å². The van der Waals surface area contributed by atoms with Gasteiger partial charge in [-0.15, -0.1) is 0 Å². The molecule has 4 heteroatoms. The number of hydrogen-bond acceptors (Lipinski definition) is 2. The molecule has 0 spiro atoms. The first-order valence-corrected chi connectivity index (χ1v) is 6.81. The summed E-state index contributed by atoms with van der Waals surface area (Å²) in [4.78, 5) is 23.6. The molecule has 1 aromatic heterocycles. The average molecular weight is 320 g/mol. The fourth-order valence-electron chi connectivity index (χ4n) is 1.83. The third-order valence-electron chi connectivity index (χ3n) is 2.88. The van der Waals surface area contributed by atoms with E-state index in [1.807, 2.05) is 19.1 Å². The molecule has 0 saturated carbocycles. The second-order valence-corrected chi connectivity index (χ2v) is 5.33. The van der Waals surface area contributed by atoms with Crippen LogP contribution in [0, 0.1) is 6.92 Å². The van der Waals surface area contributed by atoms with Crippen LogP contribution in [0.3, 0.4) is 0 Å². The monoisotopic (exact) mass is 319 g/mol. The molecule has 0 unspecified atom stereocenters. The fraction of sp³-hybridized carbons (Fsp3) is 0.200. The van der Waals surface area contributed by atoms with Crippen molar-refractivity contribution in [1.82, 2.24) is 4.57 Å². The van der Waals surface area contributed by atoms with Crippen LogP contribution in [0.15, 0.2) is 51.9 Å². The Hall–Kier alpha value is -1.68. The molecule has 0 atom stereocenters. The summed E-state index contributed by atoms with van der Waals surface area (Å²) in [5.41, 5.74) is 1.61. The topological polar surface area (TPSA) is 39.1 Å². The first kappa shape index (κ1) is 13.7. The van der Waals surface area contributed by atoms with Crippen molar-refractivity contribution in [2.75, 3.05) is 0 Å². The number of hydrogen-bond donors (Lipinski definition) is 0. The minimum absolute atomic E-state index is 0.0425. The van der Waals surface area contributed by atoms with Crippen LogP contribution >= 0.6 is 15.9 Å². The molecule has 2 aromatic rings. The van der Waals surface area contributed by atoms with Gasteiger partial charge in [0.25, 0.3) is 5.56 Å². The van der Waals surface area contributed by atoms with Crippen molar-refractivity contribution in [2.45, 2.75) is 19.9 Å². The van der Waals surface area contributed by atoms with Crippen LogP contribution in [-0.4, -0.2) is 10.4 Å². The van der Waals surface area contributed by atoms with Crippen LogP contribution in [-0.2, 0) is 6.54 Å². The molecule has 0 saturated heterocycles. The molecule has 2 rings (SSSR count).